The zero-order valence-corrected chi connectivity index (χ0v) is 12.5. The van der Waals surface area contributed by atoms with Crippen molar-refractivity contribution in [3.63, 3.8) is 0 Å². The van der Waals surface area contributed by atoms with E-state index in [1.165, 1.54) is 0 Å². The number of aryl methyl sites for hydroxylation is 1. The van der Waals surface area contributed by atoms with E-state index in [9.17, 15) is 13.5 Å². The number of benzene rings is 1. The molecule has 100 valence electrons. The Labute approximate surface area is 116 Å². The van der Waals surface area contributed by atoms with Crippen LogP contribution < -0.4 is 4.72 Å². The van der Waals surface area contributed by atoms with Crippen molar-refractivity contribution in [2.24, 2.45) is 0 Å². The summed E-state index contributed by atoms with van der Waals surface area (Å²) in [5.74, 6) is 0. The molecule has 1 fully saturated rings. The number of sulfonamides is 1. The second-order valence-electron chi connectivity index (χ2n) is 4.64. The largest absolute Gasteiger partial charge is 0.391 e. The molecule has 4 nitrogen and oxygen atoms in total. The fourth-order valence-corrected chi connectivity index (χ4v) is 4.26. The summed E-state index contributed by atoms with van der Waals surface area (Å²) >= 11 is 3.31. The van der Waals surface area contributed by atoms with Crippen molar-refractivity contribution in [3.05, 3.63) is 28.2 Å². The molecule has 1 aromatic carbocycles. The van der Waals surface area contributed by atoms with Crippen molar-refractivity contribution in [1.29, 1.82) is 0 Å². The summed E-state index contributed by atoms with van der Waals surface area (Å²) in [6.07, 6.45) is 1.63. The Morgan fingerprint density at radius 1 is 1.39 bits per heavy atom. The Morgan fingerprint density at radius 2 is 2.11 bits per heavy atom. The lowest BCUT2D eigenvalue weighted by Crippen LogP contribution is -2.40. The van der Waals surface area contributed by atoms with Crippen LogP contribution in [0.5, 0.6) is 0 Å². The highest BCUT2D eigenvalue weighted by molar-refractivity contribution is 9.10. The average molecular weight is 334 g/mol. The van der Waals surface area contributed by atoms with Crippen molar-refractivity contribution in [3.8, 4) is 0 Å². The van der Waals surface area contributed by atoms with Crippen LogP contribution in [-0.4, -0.2) is 25.7 Å². The fraction of sp³-hybridized carbons (Fsp3) is 0.500. The molecular weight excluding hydrogens is 318 g/mol. The summed E-state index contributed by atoms with van der Waals surface area (Å²) in [6.45, 7) is 1.75. The smallest absolute Gasteiger partial charge is 0.241 e. The Morgan fingerprint density at radius 3 is 2.67 bits per heavy atom. The zero-order chi connectivity index (χ0) is 13.3. The first kappa shape index (κ1) is 14.0. The number of rotatable bonds is 3. The maximum atomic E-state index is 12.2. The lowest BCUT2D eigenvalue weighted by molar-refractivity contribution is 0.159. The molecule has 0 heterocycles. The topological polar surface area (TPSA) is 66.4 Å². The summed E-state index contributed by atoms with van der Waals surface area (Å²) in [5, 5.41) is 9.68. The molecule has 0 amide bonds. The van der Waals surface area contributed by atoms with Gasteiger partial charge in [0, 0.05) is 10.5 Å². The molecule has 0 bridgehead atoms. The Balaban J connectivity index is 2.25. The first-order valence-electron chi connectivity index (χ1n) is 5.87. The molecule has 18 heavy (non-hydrogen) atoms. The lowest BCUT2D eigenvalue weighted by atomic mass is 10.2. The number of hydrogen-bond donors (Lipinski definition) is 2. The highest BCUT2D eigenvalue weighted by Crippen LogP contribution is 2.24. The molecule has 1 aliphatic rings. The molecule has 0 radical (unpaired) electrons. The highest BCUT2D eigenvalue weighted by atomic mass is 79.9. The summed E-state index contributed by atoms with van der Waals surface area (Å²) < 4.78 is 27.9. The SMILES string of the molecule is Cc1cc(Br)ccc1S(=O)(=O)N[C@H]1CCC[C@@H]1O. The van der Waals surface area contributed by atoms with Gasteiger partial charge in [0.2, 0.25) is 10.0 Å². The van der Waals surface area contributed by atoms with E-state index in [1.807, 2.05) is 0 Å². The van der Waals surface area contributed by atoms with Crippen LogP contribution in [0.25, 0.3) is 0 Å². The van der Waals surface area contributed by atoms with E-state index in [1.54, 1.807) is 25.1 Å². The van der Waals surface area contributed by atoms with Crippen molar-refractivity contribution in [1.82, 2.24) is 4.72 Å². The van der Waals surface area contributed by atoms with Crippen LogP contribution in [0.4, 0.5) is 0 Å². The summed E-state index contributed by atoms with van der Waals surface area (Å²) in [7, 11) is -3.55. The fourth-order valence-electron chi connectivity index (χ4n) is 2.26. The monoisotopic (exact) mass is 333 g/mol. The molecule has 1 aliphatic carbocycles. The van der Waals surface area contributed by atoms with E-state index in [-0.39, 0.29) is 10.9 Å². The number of halogens is 1. The van der Waals surface area contributed by atoms with Gasteiger partial charge in [-0.15, -0.1) is 0 Å². The molecule has 0 spiro atoms. The number of nitrogens with one attached hydrogen (secondary N) is 1. The number of aliphatic hydroxyl groups excluding tert-OH is 1. The molecule has 0 unspecified atom stereocenters. The predicted molar refractivity (Wildman–Crippen MR) is 72.8 cm³/mol. The van der Waals surface area contributed by atoms with E-state index in [2.05, 4.69) is 20.7 Å². The Bertz CT molecular complexity index is 544. The maximum Gasteiger partial charge on any atom is 0.241 e. The van der Waals surface area contributed by atoms with Gasteiger partial charge >= 0.3 is 0 Å². The second-order valence-corrected chi connectivity index (χ2v) is 7.23. The molecule has 0 aromatic heterocycles. The first-order chi connectivity index (χ1) is 8.40. The van der Waals surface area contributed by atoms with Crippen LogP contribution in [0.2, 0.25) is 0 Å². The van der Waals surface area contributed by atoms with Crippen LogP contribution in [-0.2, 0) is 10.0 Å². The van der Waals surface area contributed by atoms with Crippen LogP contribution in [0.1, 0.15) is 24.8 Å². The molecule has 1 saturated carbocycles. The Kier molecular flexibility index (Phi) is 4.11. The van der Waals surface area contributed by atoms with Crippen molar-refractivity contribution >= 4 is 26.0 Å². The van der Waals surface area contributed by atoms with E-state index in [0.717, 1.165) is 10.9 Å². The van der Waals surface area contributed by atoms with E-state index >= 15 is 0 Å². The average Bonchev–Trinajstić information content (AvgIpc) is 2.63. The molecule has 1 aromatic rings. The molecule has 2 N–H and O–H groups in total. The van der Waals surface area contributed by atoms with Gasteiger partial charge < -0.3 is 5.11 Å². The molecular formula is C12H16BrNO3S. The van der Waals surface area contributed by atoms with Gasteiger partial charge in [-0.25, -0.2) is 13.1 Å². The van der Waals surface area contributed by atoms with Gasteiger partial charge in [0.25, 0.3) is 0 Å². The first-order valence-corrected chi connectivity index (χ1v) is 8.14. The normalized spacial score (nSPS) is 24.4. The van der Waals surface area contributed by atoms with Gasteiger partial charge in [-0.1, -0.05) is 15.9 Å². The Hall–Kier alpha value is -0.430. The standard InChI is InChI=1S/C12H16BrNO3S/c1-8-7-9(13)5-6-12(8)18(16,17)14-10-3-2-4-11(10)15/h5-7,10-11,14-15H,2-4H2,1H3/t10-,11-/m0/s1. The lowest BCUT2D eigenvalue weighted by Gasteiger charge is -2.17. The predicted octanol–water partition coefficient (Wildman–Crippen LogP) is 1.95. The van der Waals surface area contributed by atoms with Gasteiger partial charge in [-0.2, -0.15) is 0 Å². The highest BCUT2D eigenvalue weighted by Gasteiger charge is 2.30. The quantitative estimate of drug-likeness (QED) is 0.888. The minimum absolute atomic E-state index is 0.268. The third kappa shape index (κ3) is 2.93. The third-order valence-corrected chi connectivity index (χ3v) is 5.36. The zero-order valence-electron chi connectivity index (χ0n) is 10.1. The van der Waals surface area contributed by atoms with Crippen molar-refractivity contribution in [2.45, 2.75) is 43.2 Å². The minimum Gasteiger partial charge on any atom is -0.391 e. The van der Waals surface area contributed by atoms with Gasteiger partial charge in [-0.3, -0.25) is 0 Å². The van der Waals surface area contributed by atoms with Crippen LogP contribution in [0, 0.1) is 6.92 Å². The number of hydrogen-bond acceptors (Lipinski definition) is 3. The van der Waals surface area contributed by atoms with Crippen molar-refractivity contribution in [2.75, 3.05) is 0 Å². The summed E-state index contributed by atoms with van der Waals surface area (Å²) in [4.78, 5) is 0.268. The van der Waals surface area contributed by atoms with Crippen molar-refractivity contribution < 1.29 is 13.5 Å². The summed E-state index contributed by atoms with van der Waals surface area (Å²) in [6, 6.07) is 4.67. The molecule has 0 saturated heterocycles. The molecule has 2 rings (SSSR count). The van der Waals surface area contributed by atoms with Gasteiger partial charge in [0.15, 0.2) is 0 Å². The summed E-state index contributed by atoms with van der Waals surface area (Å²) in [5.41, 5.74) is 0.685. The van der Waals surface area contributed by atoms with E-state index < -0.39 is 16.1 Å². The van der Waals surface area contributed by atoms with Crippen LogP contribution in [0.3, 0.4) is 0 Å². The van der Waals surface area contributed by atoms with E-state index in [4.69, 9.17) is 0 Å². The third-order valence-electron chi connectivity index (χ3n) is 3.21. The second kappa shape index (κ2) is 5.28. The van der Waals surface area contributed by atoms with Gasteiger partial charge in [0.05, 0.1) is 11.0 Å². The minimum atomic E-state index is -3.55. The van der Waals surface area contributed by atoms with Gasteiger partial charge in [0.1, 0.15) is 0 Å². The molecule has 0 aliphatic heterocycles. The molecule has 2 atom stereocenters. The van der Waals surface area contributed by atoms with Crippen LogP contribution >= 0.6 is 15.9 Å². The van der Waals surface area contributed by atoms with Crippen LogP contribution in [0.15, 0.2) is 27.6 Å². The van der Waals surface area contributed by atoms with E-state index in [0.29, 0.717) is 18.4 Å². The molecule has 6 heteroatoms. The number of aliphatic hydroxyl groups is 1. The maximum absolute atomic E-state index is 12.2. The van der Waals surface area contributed by atoms with Gasteiger partial charge in [-0.05, 0) is 49.9 Å².